The molecular weight excluding hydrogens is 298 g/mol. The maximum Gasteiger partial charge on any atom is 0.241 e. The fourth-order valence-electron chi connectivity index (χ4n) is 2.86. The van der Waals surface area contributed by atoms with Crippen LogP contribution in [0.25, 0.3) is 11.6 Å². The summed E-state index contributed by atoms with van der Waals surface area (Å²) >= 11 is 0. The second-order valence-electron chi connectivity index (χ2n) is 5.57. The predicted molar refractivity (Wildman–Crippen MR) is 79.8 cm³/mol. The summed E-state index contributed by atoms with van der Waals surface area (Å²) in [6.07, 6.45) is 3.64. The van der Waals surface area contributed by atoms with Crippen LogP contribution in [0.1, 0.15) is 30.6 Å². The van der Waals surface area contributed by atoms with Gasteiger partial charge in [-0.3, -0.25) is 4.90 Å². The van der Waals surface area contributed by atoms with Crippen molar-refractivity contribution in [3.05, 3.63) is 30.1 Å². The first kappa shape index (κ1) is 13.9. The van der Waals surface area contributed by atoms with E-state index in [9.17, 15) is 0 Å². The summed E-state index contributed by atoms with van der Waals surface area (Å²) in [4.78, 5) is 10.9. The molecule has 1 atom stereocenters. The lowest BCUT2D eigenvalue weighted by Crippen LogP contribution is -2.24. The van der Waals surface area contributed by atoms with Crippen LogP contribution >= 0.6 is 0 Å². The van der Waals surface area contributed by atoms with Gasteiger partial charge in [0.05, 0.1) is 18.8 Å². The zero-order chi connectivity index (χ0) is 15.8. The number of anilines is 1. The molecule has 0 aliphatic carbocycles. The molecule has 4 rings (SSSR count). The summed E-state index contributed by atoms with van der Waals surface area (Å²) in [5.41, 5.74) is 5.78. The van der Waals surface area contributed by atoms with Gasteiger partial charge in [-0.1, -0.05) is 5.16 Å². The van der Waals surface area contributed by atoms with E-state index < -0.39 is 0 Å². The highest BCUT2D eigenvalue weighted by molar-refractivity contribution is 5.44. The van der Waals surface area contributed by atoms with Gasteiger partial charge < -0.3 is 14.7 Å². The molecule has 1 fully saturated rings. The van der Waals surface area contributed by atoms with Crippen LogP contribution < -0.4 is 5.73 Å². The number of aromatic nitrogens is 5. The van der Waals surface area contributed by atoms with Crippen LogP contribution in [-0.2, 0) is 13.6 Å². The standard InChI is InChI=1S/C14H17N7O2/c1-20-14(15)17-12(18-20)9-4-2-6-21(9)8-11-16-13(19-23-11)10-5-3-7-22-10/h3,5,7,9H,2,4,6,8H2,1H3,(H2,15,17,18). The van der Waals surface area contributed by atoms with Gasteiger partial charge >= 0.3 is 0 Å². The Morgan fingerprint density at radius 3 is 3.04 bits per heavy atom. The number of nitrogen functional groups attached to an aromatic ring is 1. The third kappa shape index (κ3) is 2.59. The van der Waals surface area contributed by atoms with Gasteiger partial charge in [0.15, 0.2) is 11.6 Å². The van der Waals surface area contributed by atoms with Gasteiger partial charge in [0.25, 0.3) is 0 Å². The van der Waals surface area contributed by atoms with Crippen LogP contribution in [0.5, 0.6) is 0 Å². The number of hydrogen-bond acceptors (Lipinski definition) is 8. The Balaban J connectivity index is 1.51. The third-order valence-corrected chi connectivity index (χ3v) is 4.02. The second kappa shape index (κ2) is 5.51. The minimum absolute atomic E-state index is 0.123. The van der Waals surface area contributed by atoms with Crippen molar-refractivity contribution in [2.45, 2.75) is 25.4 Å². The van der Waals surface area contributed by atoms with E-state index in [0.717, 1.165) is 25.2 Å². The van der Waals surface area contributed by atoms with Gasteiger partial charge in [0, 0.05) is 7.05 Å². The third-order valence-electron chi connectivity index (χ3n) is 4.02. The molecule has 1 unspecified atom stereocenters. The van der Waals surface area contributed by atoms with E-state index in [2.05, 4.69) is 25.1 Å². The number of likely N-dealkylation sites (tertiary alicyclic amines) is 1. The number of hydrogen-bond donors (Lipinski definition) is 1. The van der Waals surface area contributed by atoms with Crippen molar-refractivity contribution in [1.82, 2.24) is 29.8 Å². The molecule has 1 saturated heterocycles. The molecule has 9 heteroatoms. The first-order valence-corrected chi connectivity index (χ1v) is 7.47. The fourth-order valence-corrected chi connectivity index (χ4v) is 2.86. The maximum absolute atomic E-state index is 5.78. The number of rotatable bonds is 4. The molecule has 0 aromatic carbocycles. The maximum atomic E-state index is 5.78. The van der Waals surface area contributed by atoms with E-state index in [-0.39, 0.29) is 6.04 Å². The van der Waals surface area contributed by atoms with Crippen LogP contribution in [0.3, 0.4) is 0 Å². The van der Waals surface area contributed by atoms with Crippen molar-refractivity contribution in [2.75, 3.05) is 12.3 Å². The molecular formula is C14H17N7O2. The Morgan fingerprint density at radius 1 is 1.39 bits per heavy atom. The van der Waals surface area contributed by atoms with E-state index in [1.165, 1.54) is 0 Å². The normalized spacial score (nSPS) is 18.7. The van der Waals surface area contributed by atoms with Crippen molar-refractivity contribution in [3.63, 3.8) is 0 Å². The molecule has 3 aromatic heterocycles. The van der Waals surface area contributed by atoms with Crippen molar-refractivity contribution in [3.8, 4) is 11.6 Å². The minimum Gasteiger partial charge on any atom is -0.461 e. The zero-order valence-corrected chi connectivity index (χ0v) is 12.7. The molecule has 9 nitrogen and oxygen atoms in total. The summed E-state index contributed by atoms with van der Waals surface area (Å²) in [6, 6.07) is 3.71. The molecule has 0 saturated carbocycles. The number of furan rings is 1. The van der Waals surface area contributed by atoms with Crippen LogP contribution in [-0.4, -0.2) is 36.3 Å². The van der Waals surface area contributed by atoms with Crippen LogP contribution in [0.2, 0.25) is 0 Å². The lowest BCUT2D eigenvalue weighted by Gasteiger charge is -2.19. The quantitative estimate of drug-likeness (QED) is 0.768. The van der Waals surface area contributed by atoms with Crippen molar-refractivity contribution in [1.29, 1.82) is 0 Å². The van der Waals surface area contributed by atoms with E-state index in [0.29, 0.717) is 30.0 Å². The Hall–Kier alpha value is -2.68. The lowest BCUT2D eigenvalue weighted by molar-refractivity contribution is 0.206. The van der Waals surface area contributed by atoms with Crippen molar-refractivity contribution < 1.29 is 8.94 Å². The monoisotopic (exact) mass is 315 g/mol. The van der Waals surface area contributed by atoms with Crippen LogP contribution in [0.15, 0.2) is 27.3 Å². The van der Waals surface area contributed by atoms with Crippen molar-refractivity contribution >= 4 is 5.95 Å². The molecule has 1 aliphatic heterocycles. The topological polar surface area (TPSA) is 112 Å². The molecule has 0 bridgehead atoms. The molecule has 1 aliphatic rings. The van der Waals surface area contributed by atoms with Gasteiger partial charge in [0.2, 0.25) is 17.7 Å². The van der Waals surface area contributed by atoms with E-state index in [1.807, 2.05) is 0 Å². The average molecular weight is 315 g/mol. The largest absolute Gasteiger partial charge is 0.461 e. The predicted octanol–water partition coefficient (Wildman–Crippen LogP) is 1.38. The molecule has 23 heavy (non-hydrogen) atoms. The summed E-state index contributed by atoms with van der Waals surface area (Å²) in [5.74, 6) is 2.77. The highest BCUT2D eigenvalue weighted by Crippen LogP contribution is 2.31. The molecule has 3 aromatic rings. The number of nitrogens with two attached hydrogens (primary N) is 1. The van der Waals surface area contributed by atoms with Gasteiger partial charge in [-0.25, -0.2) is 4.68 Å². The Kier molecular flexibility index (Phi) is 3.34. The Bertz CT molecular complexity index is 773. The highest BCUT2D eigenvalue weighted by Gasteiger charge is 2.31. The minimum atomic E-state index is 0.123. The zero-order valence-electron chi connectivity index (χ0n) is 12.7. The smallest absolute Gasteiger partial charge is 0.241 e. The molecule has 0 amide bonds. The summed E-state index contributed by atoms with van der Waals surface area (Å²) in [5, 5.41) is 8.34. The van der Waals surface area contributed by atoms with Crippen molar-refractivity contribution in [2.24, 2.45) is 7.05 Å². The molecule has 0 radical (unpaired) electrons. The average Bonchev–Trinajstić information content (AvgIpc) is 3.29. The Morgan fingerprint density at radius 2 is 2.30 bits per heavy atom. The summed E-state index contributed by atoms with van der Waals surface area (Å²) in [6.45, 7) is 1.48. The number of nitrogens with zero attached hydrogens (tertiary/aromatic N) is 6. The summed E-state index contributed by atoms with van der Waals surface area (Å²) < 4.78 is 12.2. The van der Waals surface area contributed by atoms with E-state index in [1.54, 1.807) is 30.1 Å². The summed E-state index contributed by atoms with van der Waals surface area (Å²) in [7, 11) is 1.79. The Labute approximate surface area is 132 Å². The van der Waals surface area contributed by atoms with Crippen LogP contribution in [0.4, 0.5) is 5.95 Å². The van der Waals surface area contributed by atoms with Gasteiger partial charge in [-0.2, -0.15) is 15.1 Å². The number of aryl methyl sites for hydroxylation is 1. The molecule has 4 heterocycles. The molecule has 2 N–H and O–H groups in total. The van der Waals surface area contributed by atoms with Gasteiger partial charge in [-0.05, 0) is 31.5 Å². The van der Waals surface area contributed by atoms with Crippen LogP contribution in [0, 0.1) is 0 Å². The first-order valence-electron chi connectivity index (χ1n) is 7.47. The fraction of sp³-hybridized carbons (Fsp3) is 0.429. The van der Waals surface area contributed by atoms with Gasteiger partial charge in [-0.15, -0.1) is 0 Å². The second-order valence-corrected chi connectivity index (χ2v) is 5.57. The highest BCUT2D eigenvalue weighted by atomic mass is 16.5. The SMILES string of the molecule is Cn1nc(C2CCCN2Cc2nc(-c3ccco3)no2)nc1N. The van der Waals surface area contributed by atoms with E-state index in [4.69, 9.17) is 14.7 Å². The lowest BCUT2D eigenvalue weighted by atomic mass is 10.2. The van der Waals surface area contributed by atoms with Gasteiger partial charge in [0.1, 0.15) is 0 Å². The molecule has 120 valence electrons. The van der Waals surface area contributed by atoms with E-state index >= 15 is 0 Å². The first-order chi connectivity index (χ1) is 11.2. The molecule has 0 spiro atoms.